The van der Waals surface area contributed by atoms with E-state index in [1.165, 1.54) is 18.2 Å². The molecule has 2 aromatic rings. The van der Waals surface area contributed by atoms with Gasteiger partial charge in [-0.3, -0.25) is 14.9 Å². The van der Waals surface area contributed by atoms with Crippen molar-refractivity contribution in [2.24, 2.45) is 0 Å². The molecule has 0 saturated heterocycles. The third-order valence-corrected chi connectivity index (χ3v) is 4.37. The first-order valence-corrected chi connectivity index (χ1v) is 7.14. The molecule has 110 valence electrons. The van der Waals surface area contributed by atoms with Crippen molar-refractivity contribution in [2.75, 3.05) is 12.8 Å². The van der Waals surface area contributed by atoms with E-state index in [0.29, 0.717) is 0 Å². The molecular formula is C14H15N3O3S. The first-order valence-electron chi connectivity index (χ1n) is 6.26. The van der Waals surface area contributed by atoms with Gasteiger partial charge in [0.15, 0.2) is 0 Å². The van der Waals surface area contributed by atoms with Crippen molar-refractivity contribution in [2.45, 2.75) is 13.0 Å². The molecule has 0 unspecified atom stereocenters. The van der Waals surface area contributed by atoms with E-state index in [4.69, 9.17) is 5.73 Å². The van der Waals surface area contributed by atoms with Gasteiger partial charge in [0, 0.05) is 23.6 Å². The first-order chi connectivity index (χ1) is 9.91. The fraction of sp³-hybridized carbons (Fsp3) is 0.214. The second-order valence-corrected chi connectivity index (χ2v) is 5.62. The molecular weight excluding hydrogens is 290 g/mol. The summed E-state index contributed by atoms with van der Waals surface area (Å²) in [5, 5.41) is 12.8. The van der Waals surface area contributed by atoms with Gasteiger partial charge >= 0.3 is 0 Å². The Morgan fingerprint density at radius 2 is 2.14 bits per heavy atom. The number of anilines is 1. The van der Waals surface area contributed by atoms with Gasteiger partial charge in [0.25, 0.3) is 11.6 Å². The summed E-state index contributed by atoms with van der Waals surface area (Å²) in [6.45, 7) is 1.91. The number of amides is 1. The third-order valence-electron chi connectivity index (χ3n) is 3.33. The lowest BCUT2D eigenvalue weighted by Gasteiger charge is -2.24. The van der Waals surface area contributed by atoms with E-state index in [2.05, 4.69) is 0 Å². The lowest BCUT2D eigenvalue weighted by atomic mass is 10.1. The second kappa shape index (κ2) is 5.92. The Bertz CT molecular complexity index is 670. The monoisotopic (exact) mass is 305 g/mol. The molecule has 0 fully saturated rings. The normalized spacial score (nSPS) is 11.9. The molecule has 0 bridgehead atoms. The summed E-state index contributed by atoms with van der Waals surface area (Å²) < 4.78 is 0. The molecule has 0 aliphatic rings. The Hall–Kier alpha value is -2.41. The number of nitrogens with two attached hydrogens (primary N) is 1. The smallest absolute Gasteiger partial charge is 0.292 e. The number of carbonyl (C=O) groups excluding carboxylic acids is 1. The predicted octanol–water partition coefficient (Wildman–Crippen LogP) is 3.07. The summed E-state index contributed by atoms with van der Waals surface area (Å²) in [5.74, 6) is -0.279. The highest BCUT2D eigenvalue weighted by Crippen LogP contribution is 2.27. The molecule has 0 saturated carbocycles. The summed E-state index contributed by atoms with van der Waals surface area (Å²) in [6, 6.07) is 7.87. The SMILES string of the molecule is C[C@@H](c1cccs1)N(C)C(=O)c1ccc(N)c([N+](=O)[O-])c1. The molecule has 6 nitrogen and oxygen atoms in total. The van der Waals surface area contributed by atoms with E-state index >= 15 is 0 Å². The zero-order valence-corrected chi connectivity index (χ0v) is 12.5. The zero-order chi connectivity index (χ0) is 15.6. The third kappa shape index (κ3) is 3.03. The zero-order valence-electron chi connectivity index (χ0n) is 11.6. The molecule has 7 heteroatoms. The molecule has 0 aliphatic heterocycles. The quantitative estimate of drug-likeness (QED) is 0.534. The Morgan fingerprint density at radius 3 is 2.71 bits per heavy atom. The second-order valence-electron chi connectivity index (χ2n) is 4.64. The van der Waals surface area contributed by atoms with Gasteiger partial charge in [0.2, 0.25) is 0 Å². The van der Waals surface area contributed by atoms with Crippen LogP contribution in [0.2, 0.25) is 0 Å². The number of carbonyl (C=O) groups is 1. The van der Waals surface area contributed by atoms with E-state index in [1.807, 2.05) is 24.4 Å². The van der Waals surface area contributed by atoms with Crippen molar-refractivity contribution in [1.82, 2.24) is 4.90 Å². The number of nitrogen functional groups attached to an aromatic ring is 1. The summed E-state index contributed by atoms with van der Waals surface area (Å²) in [5.41, 5.74) is 5.59. The van der Waals surface area contributed by atoms with Gasteiger partial charge in [0.05, 0.1) is 11.0 Å². The van der Waals surface area contributed by atoms with Gasteiger partial charge in [-0.25, -0.2) is 0 Å². The van der Waals surface area contributed by atoms with Gasteiger partial charge < -0.3 is 10.6 Å². The van der Waals surface area contributed by atoms with Crippen molar-refractivity contribution >= 4 is 28.6 Å². The molecule has 2 rings (SSSR count). The van der Waals surface area contributed by atoms with E-state index in [0.717, 1.165) is 4.88 Å². The van der Waals surface area contributed by atoms with Crippen LogP contribution >= 0.6 is 11.3 Å². The van der Waals surface area contributed by atoms with E-state index in [-0.39, 0.29) is 28.9 Å². The summed E-state index contributed by atoms with van der Waals surface area (Å²) >= 11 is 1.56. The number of nitro groups is 1. The van der Waals surface area contributed by atoms with Crippen LogP contribution in [0.15, 0.2) is 35.7 Å². The number of thiophene rings is 1. The number of benzene rings is 1. The van der Waals surface area contributed by atoms with Crippen LogP contribution in [0.25, 0.3) is 0 Å². The van der Waals surface area contributed by atoms with Crippen molar-refractivity contribution in [3.63, 3.8) is 0 Å². The first kappa shape index (κ1) is 15.0. The Labute approximate surface area is 126 Å². The van der Waals surface area contributed by atoms with Gasteiger partial charge in [-0.05, 0) is 30.5 Å². The largest absolute Gasteiger partial charge is 0.393 e. The maximum absolute atomic E-state index is 12.4. The highest BCUT2D eigenvalue weighted by molar-refractivity contribution is 7.10. The molecule has 2 N–H and O–H groups in total. The van der Waals surface area contributed by atoms with Crippen molar-refractivity contribution in [1.29, 1.82) is 0 Å². The molecule has 0 aliphatic carbocycles. The van der Waals surface area contributed by atoms with Crippen molar-refractivity contribution in [3.05, 3.63) is 56.3 Å². The molecule has 0 spiro atoms. The maximum atomic E-state index is 12.4. The molecule has 1 heterocycles. The van der Waals surface area contributed by atoms with Crippen LogP contribution in [0, 0.1) is 10.1 Å². The highest BCUT2D eigenvalue weighted by atomic mass is 32.1. The predicted molar refractivity (Wildman–Crippen MR) is 82.3 cm³/mol. The maximum Gasteiger partial charge on any atom is 0.292 e. The number of nitro benzene ring substituents is 1. The van der Waals surface area contributed by atoms with Crippen LogP contribution in [-0.2, 0) is 0 Å². The fourth-order valence-electron chi connectivity index (χ4n) is 1.93. The Kier molecular flexibility index (Phi) is 4.23. The topological polar surface area (TPSA) is 89.5 Å². The molecule has 1 aromatic carbocycles. The number of rotatable bonds is 4. The van der Waals surface area contributed by atoms with Gasteiger partial charge in [-0.1, -0.05) is 6.07 Å². The van der Waals surface area contributed by atoms with Crippen LogP contribution in [-0.4, -0.2) is 22.8 Å². The summed E-state index contributed by atoms with van der Waals surface area (Å²) in [4.78, 5) is 25.3. The lowest BCUT2D eigenvalue weighted by molar-refractivity contribution is -0.383. The van der Waals surface area contributed by atoms with Gasteiger partial charge in [-0.15, -0.1) is 11.3 Å². The molecule has 1 amide bonds. The number of nitrogens with zero attached hydrogens (tertiary/aromatic N) is 2. The number of hydrogen-bond acceptors (Lipinski definition) is 5. The van der Waals surface area contributed by atoms with Crippen LogP contribution in [0.1, 0.15) is 28.2 Å². The fourth-order valence-corrected chi connectivity index (χ4v) is 2.76. The minimum Gasteiger partial charge on any atom is -0.393 e. The highest BCUT2D eigenvalue weighted by Gasteiger charge is 2.22. The van der Waals surface area contributed by atoms with Gasteiger partial charge in [0.1, 0.15) is 5.69 Å². The Morgan fingerprint density at radius 1 is 1.43 bits per heavy atom. The van der Waals surface area contributed by atoms with Crippen molar-refractivity contribution in [3.8, 4) is 0 Å². The average Bonchev–Trinajstić information content (AvgIpc) is 2.99. The average molecular weight is 305 g/mol. The summed E-state index contributed by atoms with van der Waals surface area (Å²) in [7, 11) is 1.68. The molecule has 1 atom stereocenters. The Balaban J connectivity index is 2.27. The standard InChI is InChI=1S/C14H15N3O3S/c1-9(13-4-3-7-21-13)16(2)14(18)10-5-6-11(15)12(8-10)17(19)20/h3-9H,15H2,1-2H3/t9-/m0/s1. The van der Waals surface area contributed by atoms with E-state index < -0.39 is 4.92 Å². The van der Waals surface area contributed by atoms with Crippen LogP contribution < -0.4 is 5.73 Å². The molecule has 21 heavy (non-hydrogen) atoms. The number of hydrogen-bond donors (Lipinski definition) is 1. The van der Waals surface area contributed by atoms with Crippen LogP contribution in [0.3, 0.4) is 0 Å². The summed E-state index contributed by atoms with van der Waals surface area (Å²) in [6.07, 6.45) is 0. The minimum atomic E-state index is -0.588. The lowest BCUT2D eigenvalue weighted by Crippen LogP contribution is -2.29. The molecule has 1 aromatic heterocycles. The van der Waals surface area contributed by atoms with E-state index in [9.17, 15) is 14.9 Å². The van der Waals surface area contributed by atoms with E-state index in [1.54, 1.807) is 23.3 Å². The van der Waals surface area contributed by atoms with Crippen molar-refractivity contribution < 1.29 is 9.72 Å². The van der Waals surface area contributed by atoms with Gasteiger partial charge in [-0.2, -0.15) is 0 Å². The van der Waals surface area contributed by atoms with Crippen LogP contribution in [0.4, 0.5) is 11.4 Å². The minimum absolute atomic E-state index is 0.0468. The molecule has 0 radical (unpaired) electrons. The van der Waals surface area contributed by atoms with Crippen LogP contribution in [0.5, 0.6) is 0 Å².